The highest BCUT2D eigenvalue weighted by Crippen LogP contribution is 2.34. The maximum atomic E-state index is 11.9. The summed E-state index contributed by atoms with van der Waals surface area (Å²) in [6.45, 7) is 0.495. The predicted molar refractivity (Wildman–Crippen MR) is 117 cm³/mol. The van der Waals surface area contributed by atoms with E-state index in [9.17, 15) is 25.2 Å². The molecule has 11 heteroatoms. The van der Waals surface area contributed by atoms with Gasteiger partial charge in [0, 0.05) is 17.5 Å². The van der Waals surface area contributed by atoms with Crippen LogP contribution in [0.2, 0.25) is 0 Å². The predicted octanol–water partition coefficient (Wildman–Crippen LogP) is 0.881. The molecule has 2 aromatic carbocycles. The maximum absolute atomic E-state index is 11.9. The largest absolute Gasteiger partial charge is 0.461 e. The number of rotatable bonds is 7. The van der Waals surface area contributed by atoms with E-state index in [-0.39, 0.29) is 5.91 Å². The van der Waals surface area contributed by atoms with Gasteiger partial charge >= 0.3 is 0 Å². The van der Waals surface area contributed by atoms with Crippen LogP contribution >= 0.6 is 0 Å². The Balaban J connectivity index is 1.90. The number of azide groups is 1. The second kappa shape index (κ2) is 10.2. The molecule has 0 aliphatic carbocycles. The van der Waals surface area contributed by atoms with Gasteiger partial charge < -0.3 is 35.2 Å². The Bertz CT molecular complexity index is 1060. The number of aliphatic hydroxyl groups is 4. The number of carbonyl (C=O) groups excluding carboxylic acids is 1. The molecule has 176 valence electrons. The minimum atomic E-state index is -2.26. The lowest BCUT2D eigenvalue weighted by atomic mass is 9.86. The first-order chi connectivity index (χ1) is 15.7. The lowest BCUT2D eigenvalue weighted by Gasteiger charge is -2.47. The van der Waals surface area contributed by atoms with Crippen molar-refractivity contribution in [2.75, 3.05) is 20.2 Å². The summed E-state index contributed by atoms with van der Waals surface area (Å²) in [5, 5.41) is 46.9. The summed E-state index contributed by atoms with van der Waals surface area (Å²) in [6, 6.07) is 12.3. The molecule has 5 N–H and O–H groups in total. The van der Waals surface area contributed by atoms with Crippen LogP contribution in [0.1, 0.15) is 15.9 Å². The number of hydrogen-bond donors (Lipinski definition) is 5. The molecule has 0 saturated carbocycles. The van der Waals surface area contributed by atoms with E-state index < -0.39 is 43.4 Å². The monoisotopic (exact) mass is 458 g/mol. The van der Waals surface area contributed by atoms with E-state index in [2.05, 4.69) is 15.3 Å². The third kappa shape index (κ3) is 4.93. The summed E-state index contributed by atoms with van der Waals surface area (Å²) < 4.78 is 11.3. The van der Waals surface area contributed by atoms with Gasteiger partial charge in [-0.25, -0.2) is 0 Å². The average molecular weight is 458 g/mol. The number of nitrogens with zero attached hydrogens (tertiary/aromatic N) is 3. The van der Waals surface area contributed by atoms with E-state index in [0.29, 0.717) is 16.9 Å². The van der Waals surface area contributed by atoms with Gasteiger partial charge in [0.2, 0.25) is 6.29 Å². The highest BCUT2D eigenvalue weighted by molar-refractivity contribution is 5.95. The molecule has 3 rings (SSSR count). The van der Waals surface area contributed by atoms with E-state index in [1.165, 1.54) is 0 Å². The van der Waals surface area contributed by atoms with Crippen molar-refractivity contribution in [1.82, 2.24) is 5.32 Å². The van der Waals surface area contributed by atoms with Crippen LogP contribution in [-0.2, 0) is 4.74 Å². The van der Waals surface area contributed by atoms with Crippen molar-refractivity contribution in [3.63, 3.8) is 0 Å². The first-order valence-corrected chi connectivity index (χ1v) is 10.2. The topological polar surface area (TPSA) is 177 Å². The molecule has 1 aliphatic heterocycles. The average Bonchev–Trinajstić information content (AvgIpc) is 2.83. The number of ether oxygens (including phenoxy) is 2. The Labute approximate surface area is 189 Å². The smallest absolute Gasteiger partial charge is 0.251 e. The Morgan fingerprint density at radius 1 is 1.27 bits per heavy atom. The summed E-state index contributed by atoms with van der Waals surface area (Å²) in [5.41, 5.74) is 9.16. The van der Waals surface area contributed by atoms with Crippen molar-refractivity contribution in [2.24, 2.45) is 5.11 Å². The van der Waals surface area contributed by atoms with Crippen molar-refractivity contribution in [3.05, 3.63) is 64.0 Å². The number of aliphatic hydroxyl groups excluding tert-OH is 3. The first kappa shape index (κ1) is 24.5. The lowest BCUT2D eigenvalue weighted by molar-refractivity contribution is -0.317. The van der Waals surface area contributed by atoms with Gasteiger partial charge in [0.1, 0.15) is 24.1 Å². The summed E-state index contributed by atoms with van der Waals surface area (Å²) in [4.78, 5) is 14.5. The zero-order chi connectivity index (χ0) is 24.2. The molecule has 1 heterocycles. The second-order valence-electron chi connectivity index (χ2n) is 7.76. The Morgan fingerprint density at radius 2 is 2.00 bits per heavy atom. The zero-order valence-electron chi connectivity index (χ0n) is 18.1. The SMILES string of the molecule is CNC(=O)c1cccc(-c2ccc(O[C@H]3O[C@H](CO)[C@@H](O)[C@H](O)[C@@]3(O)CN=[N+]=[N-])c(C)c2)c1. The highest BCUT2D eigenvalue weighted by Gasteiger charge is 2.55. The third-order valence-electron chi connectivity index (χ3n) is 5.58. The van der Waals surface area contributed by atoms with Crippen LogP contribution < -0.4 is 10.1 Å². The quantitative estimate of drug-likeness (QED) is 0.232. The number of aryl methyl sites for hydroxylation is 1. The molecule has 1 aliphatic rings. The summed E-state index contributed by atoms with van der Waals surface area (Å²) >= 11 is 0. The van der Waals surface area contributed by atoms with Crippen LogP contribution in [0.3, 0.4) is 0 Å². The highest BCUT2D eigenvalue weighted by atomic mass is 16.7. The van der Waals surface area contributed by atoms with Crippen LogP contribution in [0.4, 0.5) is 0 Å². The molecule has 5 atom stereocenters. The number of benzene rings is 2. The molecule has 0 bridgehead atoms. The molecular formula is C22H26N4O7. The van der Waals surface area contributed by atoms with Gasteiger partial charge in [0.05, 0.1) is 13.2 Å². The van der Waals surface area contributed by atoms with Gasteiger partial charge in [-0.05, 0) is 53.4 Å². The fourth-order valence-corrected chi connectivity index (χ4v) is 3.65. The van der Waals surface area contributed by atoms with Crippen molar-refractivity contribution in [2.45, 2.75) is 37.1 Å². The van der Waals surface area contributed by atoms with Crippen molar-refractivity contribution >= 4 is 5.91 Å². The zero-order valence-corrected chi connectivity index (χ0v) is 18.1. The van der Waals surface area contributed by atoms with E-state index >= 15 is 0 Å². The molecule has 33 heavy (non-hydrogen) atoms. The molecule has 0 unspecified atom stereocenters. The normalized spacial score (nSPS) is 26.8. The minimum Gasteiger partial charge on any atom is -0.461 e. The number of amides is 1. The van der Waals surface area contributed by atoms with Gasteiger partial charge in [-0.3, -0.25) is 4.79 Å². The molecule has 11 nitrogen and oxygen atoms in total. The fraction of sp³-hybridized carbons (Fsp3) is 0.409. The summed E-state index contributed by atoms with van der Waals surface area (Å²) in [7, 11) is 1.55. The standard InChI is InChI=1S/C22H26N4O7/c1-12-8-14(13-4-3-5-15(9-13)20(30)24-2)6-7-16(12)32-21-22(31,11-25-26-23)19(29)18(28)17(10-27)33-21/h3-9,17-19,21,27-29,31H,10-11H2,1-2H3,(H,24,30)/t17-,18-,19+,21+,22+/m1/s1. The molecule has 1 fully saturated rings. The summed E-state index contributed by atoms with van der Waals surface area (Å²) in [5.74, 6) is 0.0901. The third-order valence-corrected chi connectivity index (χ3v) is 5.58. The lowest BCUT2D eigenvalue weighted by Crippen LogP contribution is -2.69. The van der Waals surface area contributed by atoms with Crippen LogP contribution in [0.25, 0.3) is 21.6 Å². The van der Waals surface area contributed by atoms with Crippen LogP contribution in [0.5, 0.6) is 5.75 Å². The molecule has 2 aromatic rings. The van der Waals surface area contributed by atoms with Crippen LogP contribution in [0, 0.1) is 6.92 Å². The molecule has 1 amide bonds. The maximum Gasteiger partial charge on any atom is 0.251 e. The second-order valence-corrected chi connectivity index (χ2v) is 7.76. The molecule has 0 spiro atoms. The minimum absolute atomic E-state index is 0.207. The molecule has 0 aromatic heterocycles. The van der Waals surface area contributed by atoms with Gasteiger partial charge in [-0.2, -0.15) is 0 Å². The number of carbonyl (C=O) groups is 1. The van der Waals surface area contributed by atoms with Gasteiger partial charge in [0.15, 0.2) is 5.60 Å². The molecular weight excluding hydrogens is 432 g/mol. The first-order valence-electron chi connectivity index (χ1n) is 10.2. The Hall–Kier alpha value is -3.18. The van der Waals surface area contributed by atoms with Crippen molar-refractivity contribution in [1.29, 1.82) is 0 Å². The molecule has 1 saturated heterocycles. The fourth-order valence-electron chi connectivity index (χ4n) is 3.65. The van der Waals surface area contributed by atoms with Gasteiger partial charge in [-0.15, -0.1) is 0 Å². The summed E-state index contributed by atoms with van der Waals surface area (Å²) in [6.07, 6.45) is -6.18. The number of hydrogen-bond acceptors (Lipinski definition) is 8. The number of nitrogens with one attached hydrogen (secondary N) is 1. The van der Waals surface area contributed by atoms with E-state index in [4.69, 9.17) is 15.0 Å². The van der Waals surface area contributed by atoms with Gasteiger partial charge in [-0.1, -0.05) is 23.3 Å². The van der Waals surface area contributed by atoms with Crippen LogP contribution in [-0.4, -0.2) is 76.7 Å². The van der Waals surface area contributed by atoms with Crippen molar-refractivity contribution < 1.29 is 34.7 Å². The van der Waals surface area contributed by atoms with Crippen LogP contribution in [0.15, 0.2) is 47.6 Å². The molecule has 0 radical (unpaired) electrons. The Kier molecular flexibility index (Phi) is 7.54. The Morgan fingerprint density at radius 3 is 2.64 bits per heavy atom. The van der Waals surface area contributed by atoms with E-state index in [1.807, 2.05) is 12.1 Å². The van der Waals surface area contributed by atoms with Crippen molar-refractivity contribution in [3.8, 4) is 16.9 Å². The van der Waals surface area contributed by atoms with E-state index in [0.717, 1.165) is 11.1 Å². The van der Waals surface area contributed by atoms with E-state index in [1.54, 1.807) is 44.3 Å². The van der Waals surface area contributed by atoms with Gasteiger partial charge in [0.25, 0.3) is 5.91 Å².